The molecule has 2 nitrogen and oxygen atoms in total. The van der Waals surface area contributed by atoms with Gasteiger partial charge in [-0.05, 0) is 30.7 Å². The number of carbonyl (C=O) groups is 1. The van der Waals surface area contributed by atoms with E-state index in [1.807, 2.05) is 0 Å². The summed E-state index contributed by atoms with van der Waals surface area (Å²) in [5.41, 5.74) is -0.0244. The summed E-state index contributed by atoms with van der Waals surface area (Å²) in [4.78, 5) is 11.9. The number of para-hydroxylation sites is 1. The van der Waals surface area contributed by atoms with E-state index in [1.54, 1.807) is 30.3 Å². The molecule has 0 spiro atoms. The molecule has 0 radical (unpaired) electrons. The van der Waals surface area contributed by atoms with Gasteiger partial charge in [-0.25, -0.2) is 13.2 Å². The number of hydrogen-bond donors (Lipinski definition) is 1. The van der Waals surface area contributed by atoms with Crippen LogP contribution in [0, 0.1) is 24.4 Å². The monoisotopic (exact) mass is 265 g/mol. The Labute approximate surface area is 107 Å². The number of rotatable bonds is 2. The zero-order chi connectivity index (χ0) is 14.0. The van der Waals surface area contributed by atoms with Crippen LogP contribution in [-0.4, -0.2) is 5.91 Å². The van der Waals surface area contributed by atoms with Crippen molar-refractivity contribution in [3.8, 4) is 0 Å². The van der Waals surface area contributed by atoms with E-state index in [0.717, 1.165) is 6.07 Å². The summed E-state index contributed by atoms with van der Waals surface area (Å²) in [5, 5.41) is 2.42. The maximum atomic E-state index is 13.6. The standard InChI is InChI=1S/C14H10F3NO/c1-8-7-10(15)12(16)13(17)11(8)14(19)18-9-5-3-2-4-6-9/h2-7H,1H3,(H,18,19). The summed E-state index contributed by atoms with van der Waals surface area (Å²) < 4.78 is 39.7. The summed E-state index contributed by atoms with van der Waals surface area (Å²) in [5.74, 6) is -5.26. The number of amides is 1. The van der Waals surface area contributed by atoms with Crippen molar-refractivity contribution in [2.45, 2.75) is 6.92 Å². The van der Waals surface area contributed by atoms with Gasteiger partial charge >= 0.3 is 0 Å². The Morgan fingerprint density at radius 2 is 1.68 bits per heavy atom. The summed E-state index contributed by atoms with van der Waals surface area (Å²) in [6.45, 7) is 1.34. The van der Waals surface area contributed by atoms with Crippen molar-refractivity contribution in [2.75, 3.05) is 5.32 Å². The Morgan fingerprint density at radius 1 is 1.05 bits per heavy atom. The van der Waals surface area contributed by atoms with Gasteiger partial charge in [-0.15, -0.1) is 0 Å². The van der Waals surface area contributed by atoms with Crippen LogP contribution in [0.1, 0.15) is 15.9 Å². The molecule has 5 heteroatoms. The second kappa shape index (κ2) is 5.14. The molecule has 2 aromatic rings. The molecule has 2 rings (SSSR count). The Bertz CT molecular complexity index is 626. The lowest BCUT2D eigenvalue weighted by atomic mass is 10.1. The summed E-state index contributed by atoms with van der Waals surface area (Å²) in [7, 11) is 0. The summed E-state index contributed by atoms with van der Waals surface area (Å²) >= 11 is 0. The molecule has 98 valence electrons. The predicted octanol–water partition coefficient (Wildman–Crippen LogP) is 3.66. The van der Waals surface area contributed by atoms with E-state index in [1.165, 1.54) is 6.92 Å². The summed E-state index contributed by atoms with van der Waals surface area (Å²) in [6.07, 6.45) is 0. The lowest BCUT2D eigenvalue weighted by Crippen LogP contribution is -2.17. The summed E-state index contributed by atoms with van der Waals surface area (Å²) in [6, 6.07) is 9.11. The third-order valence-electron chi connectivity index (χ3n) is 2.62. The molecule has 0 aliphatic carbocycles. The van der Waals surface area contributed by atoms with Crippen LogP contribution in [0.4, 0.5) is 18.9 Å². The molecule has 0 aliphatic heterocycles. The van der Waals surface area contributed by atoms with Crippen LogP contribution in [0.5, 0.6) is 0 Å². The lowest BCUT2D eigenvalue weighted by Gasteiger charge is -2.09. The highest BCUT2D eigenvalue weighted by atomic mass is 19.2. The first-order valence-electron chi connectivity index (χ1n) is 5.51. The zero-order valence-corrected chi connectivity index (χ0v) is 10.0. The third-order valence-corrected chi connectivity index (χ3v) is 2.62. The maximum absolute atomic E-state index is 13.6. The Hall–Kier alpha value is -2.30. The van der Waals surface area contributed by atoms with Gasteiger partial charge in [0.25, 0.3) is 5.91 Å². The van der Waals surface area contributed by atoms with Crippen LogP contribution in [0.3, 0.4) is 0 Å². The molecule has 0 saturated carbocycles. The highest BCUT2D eigenvalue weighted by molar-refractivity contribution is 6.05. The highest BCUT2D eigenvalue weighted by Crippen LogP contribution is 2.20. The fourth-order valence-electron chi connectivity index (χ4n) is 1.71. The Morgan fingerprint density at radius 3 is 2.32 bits per heavy atom. The molecule has 0 bridgehead atoms. The van der Waals surface area contributed by atoms with Crippen molar-refractivity contribution in [1.82, 2.24) is 0 Å². The minimum absolute atomic E-state index is 0.0323. The first-order valence-corrected chi connectivity index (χ1v) is 5.51. The molecular weight excluding hydrogens is 255 g/mol. The predicted molar refractivity (Wildman–Crippen MR) is 65.4 cm³/mol. The topological polar surface area (TPSA) is 29.1 Å². The van der Waals surface area contributed by atoms with E-state index in [4.69, 9.17) is 0 Å². The molecule has 0 fully saturated rings. The first kappa shape index (κ1) is 13.1. The second-order valence-electron chi connectivity index (χ2n) is 4.00. The van der Waals surface area contributed by atoms with E-state index in [2.05, 4.69) is 5.32 Å². The minimum Gasteiger partial charge on any atom is -0.322 e. The van der Waals surface area contributed by atoms with Gasteiger partial charge in [0, 0.05) is 5.69 Å². The number of benzene rings is 2. The van der Waals surface area contributed by atoms with Crippen molar-refractivity contribution in [3.05, 3.63) is 65.0 Å². The van der Waals surface area contributed by atoms with E-state index in [9.17, 15) is 18.0 Å². The fourth-order valence-corrected chi connectivity index (χ4v) is 1.71. The van der Waals surface area contributed by atoms with Gasteiger partial charge in [0.2, 0.25) is 0 Å². The molecule has 1 N–H and O–H groups in total. The van der Waals surface area contributed by atoms with Crippen molar-refractivity contribution >= 4 is 11.6 Å². The lowest BCUT2D eigenvalue weighted by molar-refractivity contribution is 0.102. The average molecular weight is 265 g/mol. The smallest absolute Gasteiger partial charge is 0.259 e. The van der Waals surface area contributed by atoms with Gasteiger partial charge in [0.05, 0.1) is 5.56 Å². The van der Waals surface area contributed by atoms with Gasteiger partial charge in [0.15, 0.2) is 17.5 Å². The van der Waals surface area contributed by atoms with Crippen LogP contribution in [-0.2, 0) is 0 Å². The van der Waals surface area contributed by atoms with Gasteiger partial charge in [-0.1, -0.05) is 18.2 Å². The van der Waals surface area contributed by atoms with Crippen molar-refractivity contribution in [1.29, 1.82) is 0 Å². The third kappa shape index (κ3) is 2.59. The molecule has 2 aromatic carbocycles. The zero-order valence-electron chi connectivity index (χ0n) is 10.0. The van der Waals surface area contributed by atoms with Gasteiger partial charge < -0.3 is 5.32 Å². The number of halogens is 3. The van der Waals surface area contributed by atoms with Gasteiger partial charge in [-0.3, -0.25) is 4.79 Å². The molecule has 0 saturated heterocycles. The van der Waals surface area contributed by atoms with Crippen molar-refractivity contribution < 1.29 is 18.0 Å². The number of nitrogens with one attached hydrogen (secondary N) is 1. The molecule has 19 heavy (non-hydrogen) atoms. The van der Waals surface area contributed by atoms with Crippen LogP contribution >= 0.6 is 0 Å². The fraction of sp³-hybridized carbons (Fsp3) is 0.0714. The van der Waals surface area contributed by atoms with E-state index in [-0.39, 0.29) is 5.56 Å². The molecule has 0 aromatic heterocycles. The van der Waals surface area contributed by atoms with E-state index < -0.39 is 28.9 Å². The number of carbonyl (C=O) groups excluding carboxylic acids is 1. The normalized spacial score (nSPS) is 10.3. The highest BCUT2D eigenvalue weighted by Gasteiger charge is 2.21. The second-order valence-corrected chi connectivity index (χ2v) is 4.00. The van der Waals surface area contributed by atoms with E-state index in [0.29, 0.717) is 5.69 Å². The molecule has 0 atom stereocenters. The quantitative estimate of drug-likeness (QED) is 0.825. The Balaban J connectivity index is 2.37. The van der Waals surface area contributed by atoms with Gasteiger partial charge in [0.1, 0.15) is 0 Å². The molecule has 1 amide bonds. The number of anilines is 1. The molecule has 0 unspecified atom stereocenters. The SMILES string of the molecule is Cc1cc(F)c(F)c(F)c1C(=O)Nc1ccccc1. The van der Waals surface area contributed by atoms with Crippen LogP contribution in [0.2, 0.25) is 0 Å². The molecular formula is C14H10F3NO. The Kier molecular flexibility index (Phi) is 3.55. The van der Waals surface area contributed by atoms with Gasteiger partial charge in [-0.2, -0.15) is 0 Å². The first-order chi connectivity index (χ1) is 9.00. The number of hydrogen-bond acceptors (Lipinski definition) is 1. The average Bonchev–Trinajstić information content (AvgIpc) is 2.37. The van der Waals surface area contributed by atoms with Crippen molar-refractivity contribution in [2.24, 2.45) is 0 Å². The van der Waals surface area contributed by atoms with Crippen molar-refractivity contribution in [3.63, 3.8) is 0 Å². The molecule has 0 aliphatic rings. The van der Waals surface area contributed by atoms with E-state index >= 15 is 0 Å². The molecule has 0 heterocycles. The maximum Gasteiger partial charge on any atom is 0.259 e. The van der Waals surface area contributed by atoms with Crippen LogP contribution in [0.25, 0.3) is 0 Å². The number of aryl methyl sites for hydroxylation is 1. The minimum atomic E-state index is -1.65. The van der Waals surface area contributed by atoms with Crippen LogP contribution < -0.4 is 5.32 Å². The van der Waals surface area contributed by atoms with Crippen LogP contribution in [0.15, 0.2) is 36.4 Å². The largest absolute Gasteiger partial charge is 0.322 e.